The molecule has 4 nitrogen and oxygen atoms in total. The third-order valence-corrected chi connectivity index (χ3v) is 4.51. The average molecular weight is 380 g/mol. The molecule has 0 aliphatic carbocycles. The van der Waals surface area contributed by atoms with E-state index in [1.54, 1.807) is 12.3 Å². The van der Waals surface area contributed by atoms with Crippen LogP contribution in [0.3, 0.4) is 0 Å². The number of benzene rings is 2. The summed E-state index contributed by atoms with van der Waals surface area (Å²) < 4.78 is 0. The predicted octanol–water partition coefficient (Wildman–Crippen LogP) is 5.50. The number of carbonyl (C=O) groups is 1. The molecule has 0 saturated heterocycles. The van der Waals surface area contributed by atoms with Crippen molar-refractivity contribution in [2.75, 3.05) is 10.6 Å². The van der Waals surface area contributed by atoms with Crippen LogP contribution >= 0.6 is 11.6 Å². The van der Waals surface area contributed by atoms with Gasteiger partial charge in [-0.3, -0.25) is 9.78 Å². The van der Waals surface area contributed by atoms with Gasteiger partial charge in [0.25, 0.3) is 0 Å². The van der Waals surface area contributed by atoms with Crippen LogP contribution in [0, 0.1) is 13.8 Å². The fourth-order valence-electron chi connectivity index (χ4n) is 2.82. The number of nitrogens with zero attached hydrogens (tertiary/aromatic N) is 1. The lowest BCUT2D eigenvalue weighted by Crippen LogP contribution is -2.15. The predicted molar refractivity (Wildman–Crippen MR) is 114 cm³/mol. The largest absolute Gasteiger partial charge is 0.379 e. The topological polar surface area (TPSA) is 54.0 Å². The van der Waals surface area contributed by atoms with Crippen LogP contribution in [0.25, 0.3) is 10.9 Å². The van der Waals surface area contributed by atoms with Gasteiger partial charge in [0.05, 0.1) is 5.52 Å². The Kier molecular flexibility index (Phi) is 5.77. The quantitative estimate of drug-likeness (QED) is 0.575. The van der Waals surface area contributed by atoms with E-state index in [0.717, 1.165) is 33.4 Å². The average Bonchev–Trinajstić information content (AvgIpc) is 2.63. The highest BCUT2D eigenvalue weighted by Crippen LogP contribution is 2.25. The number of rotatable bonds is 5. The van der Waals surface area contributed by atoms with Crippen LogP contribution in [-0.2, 0) is 4.79 Å². The molecule has 0 bridgehead atoms. The second-order valence-corrected chi connectivity index (χ2v) is 7.06. The van der Waals surface area contributed by atoms with Gasteiger partial charge in [0.2, 0.25) is 5.91 Å². The van der Waals surface area contributed by atoms with Crippen molar-refractivity contribution in [1.29, 1.82) is 0 Å². The van der Waals surface area contributed by atoms with Gasteiger partial charge in [-0.2, -0.15) is 0 Å². The first-order valence-electron chi connectivity index (χ1n) is 8.79. The number of aromatic nitrogens is 1. The molecule has 2 N–H and O–H groups in total. The normalized spacial score (nSPS) is 12.3. The summed E-state index contributed by atoms with van der Waals surface area (Å²) in [5.41, 5.74) is 4.76. The van der Waals surface area contributed by atoms with Gasteiger partial charge in [0.15, 0.2) is 0 Å². The Bertz CT molecular complexity index is 1010. The molecule has 138 valence electrons. The number of nitrogens with one attached hydrogen (secondary N) is 2. The smallest absolute Gasteiger partial charge is 0.248 e. The van der Waals surface area contributed by atoms with Crippen molar-refractivity contribution in [3.63, 3.8) is 0 Å². The second-order valence-electron chi connectivity index (χ2n) is 6.62. The summed E-state index contributed by atoms with van der Waals surface area (Å²) in [7, 11) is 0. The van der Waals surface area contributed by atoms with E-state index in [9.17, 15) is 4.79 Å². The van der Waals surface area contributed by atoms with Crippen molar-refractivity contribution in [3.8, 4) is 0 Å². The summed E-state index contributed by atoms with van der Waals surface area (Å²) in [4.78, 5) is 16.6. The van der Waals surface area contributed by atoms with Crippen molar-refractivity contribution in [2.24, 2.45) is 0 Å². The van der Waals surface area contributed by atoms with Gasteiger partial charge >= 0.3 is 0 Å². The molecule has 0 saturated carbocycles. The Balaban J connectivity index is 1.67. The number of hydrogen-bond donors (Lipinski definition) is 2. The van der Waals surface area contributed by atoms with Gasteiger partial charge in [-0.05, 0) is 62.2 Å². The summed E-state index contributed by atoms with van der Waals surface area (Å²) in [5.74, 6) is -0.149. The van der Waals surface area contributed by atoms with Gasteiger partial charge in [-0.15, -0.1) is 0 Å². The van der Waals surface area contributed by atoms with E-state index in [-0.39, 0.29) is 11.9 Å². The van der Waals surface area contributed by atoms with Gasteiger partial charge in [0.1, 0.15) is 0 Å². The van der Waals surface area contributed by atoms with E-state index in [1.165, 1.54) is 0 Å². The highest BCUT2D eigenvalue weighted by atomic mass is 35.5. The zero-order valence-electron chi connectivity index (χ0n) is 15.6. The number of carbonyl (C=O) groups excluding carboxylic acids is 1. The molecular weight excluding hydrogens is 358 g/mol. The molecule has 1 heterocycles. The molecule has 0 aliphatic rings. The maximum atomic E-state index is 12.2. The van der Waals surface area contributed by atoms with E-state index < -0.39 is 0 Å². The number of fused-ring (bicyclic) bond motifs is 1. The number of aryl methyl sites for hydroxylation is 2. The molecule has 0 aliphatic heterocycles. The van der Waals surface area contributed by atoms with Crippen LogP contribution in [0.5, 0.6) is 0 Å². The van der Waals surface area contributed by atoms with E-state index in [1.807, 2.05) is 69.3 Å². The second kappa shape index (κ2) is 8.23. The molecule has 0 fully saturated rings. The Morgan fingerprint density at radius 3 is 2.74 bits per heavy atom. The summed E-state index contributed by atoms with van der Waals surface area (Å²) in [6.07, 6.45) is 5.13. The first kappa shape index (κ1) is 18.9. The molecule has 5 heteroatoms. The minimum absolute atomic E-state index is 0.0318. The minimum Gasteiger partial charge on any atom is -0.379 e. The lowest BCUT2D eigenvalue weighted by Gasteiger charge is -2.13. The molecule has 3 aromatic rings. The van der Waals surface area contributed by atoms with Crippen LogP contribution in [0.1, 0.15) is 18.1 Å². The third-order valence-electron chi connectivity index (χ3n) is 4.28. The maximum Gasteiger partial charge on any atom is 0.248 e. The Morgan fingerprint density at radius 1 is 1.11 bits per heavy atom. The molecule has 1 amide bonds. The van der Waals surface area contributed by atoms with Crippen molar-refractivity contribution in [2.45, 2.75) is 26.8 Å². The lowest BCUT2D eigenvalue weighted by atomic mass is 10.1. The Hall–Kier alpha value is -2.85. The fraction of sp³-hybridized carbons (Fsp3) is 0.182. The Morgan fingerprint density at radius 2 is 1.93 bits per heavy atom. The highest BCUT2D eigenvalue weighted by Gasteiger charge is 2.06. The van der Waals surface area contributed by atoms with Crippen LogP contribution in [0.15, 0.2) is 60.8 Å². The van der Waals surface area contributed by atoms with Crippen molar-refractivity contribution < 1.29 is 4.79 Å². The highest BCUT2D eigenvalue weighted by molar-refractivity contribution is 6.31. The first-order chi connectivity index (χ1) is 12.9. The molecule has 1 aromatic heterocycles. The summed E-state index contributed by atoms with van der Waals surface area (Å²) >= 11 is 6.03. The Labute approximate surface area is 164 Å². The molecular formula is C22H22ClN3O. The number of amides is 1. The van der Waals surface area contributed by atoms with Gasteiger partial charge in [-0.1, -0.05) is 29.8 Å². The van der Waals surface area contributed by atoms with Gasteiger partial charge in [-0.25, -0.2) is 0 Å². The molecule has 0 radical (unpaired) electrons. The first-order valence-corrected chi connectivity index (χ1v) is 9.17. The third kappa shape index (κ3) is 4.86. The minimum atomic E-state index is -0.149. The SMILES string of the molecule is Cc1ccc(C)c(NC(=O)/C=C/[C@H](C)Nc2ccnc3cc(Cl)ccc23)c1. The standard InChI is InChI=1S/C22H22ClN3O/c1-14-4-5-15(2)20(12-14)26-22(27)9-6-16(3)25-19-10-11-24-21-13-17(23)7-8-18(19)21/h4-13,16H,1-3H3,(H,24,25)(H,26,27)/b9-6+/t16-/m0/s1. The van der Waals surface area contributed by atoms with Crippen LogP contribution in [0.4, 0.5) is 11.4 Å². The lowest BCUT2D eigenvalue weighted by molar-refractivity contribution is -0.111. The number of anilines is 2. The summed E-state index contributed by atoms with van der Waals surface area (Å²) in [6.45, 7) is 5.97. The molecule has 1 atom stereocenters. The monoisotopic (exact) mass is 379 g/mol. The van der Waals surface area contributed by atoms with E-state index in [2.05, 4.69) is 15.6 Å². The van der Waals surface area contributed by atoms with Crippen LogP contribution < -0.4 is 10.6 Å². The van der Waals surface area contributed by atoms with Crippen molar-refractivity contribution in [1.82, 2.24) is 4.98 Å². The van der Waals surface area contributed by atoms with Crippen molar-refractivity contribution >= 4 is 39.8 Å². The zero-order chi connectivity index (χ0) is 19.4. The number of pyridine rings is 1. The molecule has 0 unspecified atom stereocenters. The van der Waals surface area contributed by atoms with E-state index in [0.29, 0.717) is 5.02 Å². The molecule has 3 rings (SSSR count). The molecule has 2 aromatic carbocycles. The summed E-state index contributed by atoms with van der Waals surface area (Å²) in [5, 5.41) is 7.97. The molecule has 0 spiro atoms. The number of halogens is 1. The maximum absolute atomic E-state index is 12.2. The van der Waals surface area contributed by atoms with Crippen LogP contribution in [0.2, 0.25) is 5.02 Å². The van der Waals surface area contributed by atoms with Crippen LogP contribution in [-0.4, -0.2) is 16.9 Å². The summed E-state index contributed by atoms with van der Waals surface area (Å²) in [6, 6.07) is 13.5. The number of hydrogen-bond acceptors (Lipinski definition) is 3. The zero-order valence-corrected chi connectivity index (χ0v) is 16.3. The van der Waals surface area contributed by atoms with Crippen molar-refractivity contribution in [3.05, 3.63) is 77.0 Å². The van der Waals surface area contributed by atoms with E-state index >= 15 is 0 Å². The van der Waals surface area contributed by atoms with Gasteiger partial charge < -0.3 is 10.6 Å². The van der Waals surface area contributed by atoms with E-state index in [4.69, 9.17) is 11.6 Å². The fourth-order valence-corrected chi connectivity index (χ4v) is 2.98. The van der Waals surface area contributed by atoms with Gasteiger partial charge in [0, 0.05) is 40.1 Å². The molecule has 27 heavy (non-hydrogen) atoms.